The summed E-state index contributed by atoms with van der Waals surface area (Å²) in [6.45, 7) is 1.57. The molecule has 2 fully saturated rings. The molecule has 0 aromatic heterocycles. The van der Waals surface area contributed by atoms with Crippen molar-refractivity contribution in [3.8, 4) is 11.5 Å². The van der Waals surface area contributed by atoms with Crippen LogP contribution in [0.1, 0.15) is 54.7 Å². The van der Waals surface area contributed by atoms with E-state index in [2.05, 4.69) is 35.2 Å². The number of Topliss-reactive ketones (excluding diaryl/α,β-unsaturated/α-hetero) is 1. The van der Waals surface area contributed by atoms with E-state index in [4.69, 9.17) is 4.74 Å². The lowest BCUT2D eigenvalue weighted by molar-refractivity contribution is -0.130. The highest BCUT2D eigenvalue weighted by Crippen LogP contribution is 2.60. The molecule has 2 aromatic rings. The zero-order valence-corrected chi connectivity index (χ0v) is 19.3. The van der Waals surface area contributed by atoms with Gasteiger partial charge in [-0.1, -0.05) is 18.2 Å². The minimum atomic E-state index is -0.192. The Morgan fingerprint density at radius 2 is 1.88 bits per heavy atom. The summed E-state index contributed by atoms with van der Waals surface area (Å²) in [5.41, 5.74) is 3.80. The van der Waals surface area contributed by atoms with Gasteiger partial charge in [-0.15, -0.1) is 0 Å². The molecular weight excluding hydrogens is 398 g/mol. The number of aromatic hydroxyl groups is 1. The van der Waals surface area contributed by atoms with Gasteiger partial charge in [0.15, 0.2) is 0 Å². The van der Waals surface area contributed by atoms with Crippen molar-refractivity contribution in [3.05, 3.63) is 59.2 Å². The number of hydrogen-bond acceptors (Lipinski definition) is 4. The molecule has 0 saturated heterocycles. The van der Waals surface area contributed by atoms with Gasteiger partial charge in [-0.25, -0.2) is 0 Å². The average Bonchev–Trinajstić information content (AvgIpc) is 3.10. The van der Waals surface area contributed by atoms with Crippen molar-refractivity contribution < 1.29 is 14.6 Å². The van der Waals surface area contributed by atoms with E-state index in [1.165, 1.54) is 16.7 Å². The highest BCUT2D eigenvalue weighted by Gasteiger charge is 2.56. The third-order valence-electron chi connectivity index (χ3n) is 8.41. The van der Waals surface area contributed by atoms with Crippen LogP contribution in [-0.4, -0.2) is 43.0 Å². The van der Waals surface area contributed by atoms with Crippen LogP contribution >= 0.6 is 0 Å². The van der Waals surface area contributed by atoms with Crippen LogP contribution in [0.25, 0.3) is 0 Å². The number of carbonyl (C=O) groups is 1. The number of fused-ring (bicyclic) bond motifs is 5. The molecule has 0 spiro atoms. The maximum Gasteiger partial charge on any atom is 0.139 e. The third-order valence-corrected chi connectivity index (χ3v) is 8.41. The summed E-state index contributed by atoms with van der Waals surface area (Å²) in [5.74, 6) is 3.36. The number of nitrogens with zero attached hydrogens (tertiary/aromatic N) is 1. The number of carbonyl (C=O) groups excluding carboxylic acids is 1. The average molecular weight is 434 g/mol. The predicted molar refractivity (Wildman–Crippen MR) is 126 cm³/mol. The summed E-state index contributed by atoms with van der Waals surface area (Å²) >= 11 is 0. The summed E-state index contributed by atoms with van der Waals surface area (Å²) in [4.78, 5) is 15.4. The minimum absolute atomic E-state index is 0.192. The maximum atomic E-state index is 13.3. The lowest BCUT2D eigenvalue weighted by Gasteiger charge is -2.49. The molecule has 0 heterocycles. The molecule has 2 aromatic carbocycles. The van der Waals surface area contributed by atoms with Crippen molar-refractivity contribution in [2.45, 2.75) is 50.9 Å². The number of hydrogen-bond donors (Lipinski definition) is 1. The minimum Gasteiger partial charge on any atom is -0.508 e. The lowest BCUT2D eigenvalue weighted by atomic mass is 9.53. The third kappa shape index (κ3) is 3.83. The lowest BCUT2D eigenvalue weighted by Crippen LogP contribution is -2.45. The summed E-state index contributed by atoms with van der Waals surface area (Å²) in [5, 5.41) is 9.91. The van der Waals surface area contributed by atoms with Gasteiger partial charge >= 0.3 is 0 Å². The SMILES string of the molecule is CN(C)CCOc1ccc(C[C@]23CC[C@@H]4c5ccc(O)cc5CC[C@H]4[C@@H]2CCC3=O)cc1. The molecule has 0 bridgehead atoms. The second-order valence-corrected chi connectivity index (χ2v) is 10.4. The van der Waals surface area contributed by atoms with Crippen molar-refractivity contribution in [3.63, 3.8) is 0 Å². The van der Waals surface area contributed by atoms with Crippen LogP contribution < -0.4 is 4.74 Å². The van der Waals surface area contributed by atoms with E-state index in [9.17, 15) is 9.90 Å². The largest absolute Gasteiger partial charge is 0.508 e. The first-order valence-electron chi connectivity index (χ1n) is 12.2. The number of likely N-dealkylation sites (N-methyl/N-ethyl adjacent to an activating group) is 1. The Hall–Kier alpha value is -2.33. The molecule has 4 nitrogen and oxygen atoms in total. The number of ketones is 1. The van der Waals surface area contributed by atoms with Gasteiger partial charge in [0.1, 0.15) is 23.9 Å². The molecule has 0 radical (unpaired) electrons. The number of ether oxygens (including phenoxy) is 1. The Balaban J connectivity index is 1.34. The number of phenols is 1. The zero-order chi connectivity index (χ0) is 22.3. The van der Waals surface area contributed by atoms with E-state index in [1.54, 1.807) is 0 Å². The van der Waals surface area contributed by atoms with E-state index in [1.807, 2.05) is 26.2 Å². The van der Waals surface area contributed by atoms with Crippen LogP contribution in [0.15, 0.2) is 42.5 Å². The van der Waals surface area contributed by atoms with Crippen LogP contribution in [0.2, 0.25) is 0 Å². The molecule has 3 aliphatic rings. The first-order chi connectivity index (χ1) is 15.5. The summed E-state index contributed by atoms with van der Waals surface area (Å²) in [7, 11) is 4.09. The van der Waals surface area contributed by atoms with Crippen molar-refractivity contribution in [2.75, 3.05) is 27.2 Å². The number of benzene rings is 2. The maximum absolute atomic E-state index is 13.3. The monoisotopic (exact) mass is 433 g/mol. The van der Waals surface area contributed by atoms with Crippen LogP contribution in [-0.2, 0) is 17.6 Å². The second-order valence-electron chi connectivity index (χ2n) is 10.4. The van der Waals surface area contributed by atoms with Crippen LogP contribution in [0, 0.1) is 17.3 Å². The molecule has 32 heavy (non-hydrogen) atoms. The first-order valence-corrected chi connectivity index (χ1v) is 12.2. The van der Waals surface area contributed by atoms with E-state index < -0.39 is 0 Å². The number of aryl methyl sites for hydroxylation is 1. The summed E-state index contributed by atoms with van der Waals surface area (Å²) < 4.78 is 5.85. The second kappa shape index (κ2) is 8.55. The predicted octanol–water partition coefficient (Wildman–Crippen LogP) is 4.98. The van der Waals surface area contributed by atoms with Crippen molar-refractivity contribution in [2.24, 2.45) is 17.3 Å². The van der Waals surface area contributed by atoms with Crippen molar-refractivity contribution >= 4 is 5.78 Å². The molecule has 1 N–H and O–H groups in total. The molecule has 0 aliphatic heterocycles. The van der Waals surface area contributed by atoms with Gasteiger partial charge in [0, 0.05) is 18.4 Å². The fraction of sp³-hybridized carbons (Fsp3) is 0.536. The highest BCUT2D eigenvalue weighted by molar-refractivity contribution is 5.88. The molecule has 4 heteroatoms. The summed E-state index contributed by atoms with van der Waals surface area (Å²) in [6.07, 6.45) is 6.86. The molecular formula is C28H35NO3. The van der Waals surface area contributed by atoms with Gasteiger partial charge in [-0.3, -0.25) is 4.79 Å². The van der Waals surface area contributed by atoms with E-state index >= 15 is 0 Å². The number of phenolic OH excluding ortho intramolecular Hbond substituents is 1. The van der Waals surface area contributed by atoms with Crippen molar-refractivity contribution in [1.82, 2.24) is 4.90 Å². The Labute approximate surface area is 191 Å². The van der Waals surface area contributed by atoms with Gasteiger partial charge in [0.2, 0.25) is 0 Å². The molecule has 0 amide bonds. The van der Waals surface area contributed by atoms with Gasteiger partial charge in [0.05, 0.1) is 0 Å². The quantitative estimate of drug-likeness (QED) is 0.698. The van der Waals surface area contributed by atoms with Gasteiger partial charge in [-0.05, 0) is 111 Å². The normalized spacial score (nSPS) is 28.8. The molecule has 2 saturated carbocycles. The Morgan fingerprint density at radius 1 is 1.06 bits per heavy atom. The molecule has 4 atom stereocenters. The van der Waals surface area contributed by atoms with Crippen LogP contribution in [0.5, 0.6) is 11.5 Å². The Morgan fingerprint density at radius 3 is 2.66 bits per heavy atom. The standard InChI is InChI=1S/C28H35NO3/c1-29(2)15-16-32-22-7-3-19(4-8-22)18-28-14-13-24-23-10-6-21(30)17-20(23)5-9-25(24)26(28)11-12-27(28)31/h3-4,6-8,10,17,24-26,30H,5,9,11-16,18H2,1-2H3/t24-,25-,26+,28-/m1/s1. The Kier molecular flexibility index (Phi) is 5.75. The van der Waals surface area contributed by atoms with Gasteiger partial charge in [0.25, 0.3) is 0 Å². The molecule has 170 valence electrons. The smallest absolute Gasteiger partial charge is 0.139 e. The van der Waals surface area contributed by atoms with Gasteiger partial charge < -0.3 is 14.7 Å². The highest BCUT2D eigenvalue weighted by atomic mass is 16.5. The topological polar surface area (TPSA) is 49.8 Å². The first kappa shape index (κ1) is 21.5. The molecule has 5 rings (SSSR count). The van der Waals surface area contributed by atoms with E-state index in [0.29, 0.717) is 35.9 Å². The number of rotatable bonds is 6. The van der Waals surface area contributed by atoms with Crippen LogP contribution in [0.3, 0.4) is 0 Å². The van der Waals surface area contributed by atoms with E-state index in [-0.39, 0.29) is 5.41 Å². The van der Waals surface area contributed by atoms with E-state index in [0.717, 1.165) is 57.2 Å². The zero-order valence-electron chi connectivity index (χ0n) is 19.3. The van der Waals surface area contributed by atoms with Crippen LogP contribution in [0.4, 0.5) is 0 Å². The van der Waals surface area contributed by atoms with Crippen molar-refractivity contribution in [1.29, 1.82) is 0 Å². The molecule has 3 aliphatic carbocycles. The fourth-order valence-corrected chi connectivity index (χ4v) is 6.89. The fourth-order valence-electron chi connectivity index (χ4n) is 6.89. The van der Waals surface area contributed by atoms with Gasteiger partial charge in [-0.2, -0.15) is 0 Å². The molecule has 0 unspecified atom stereocenters. The summed E-state index contributed by atoms with van der Waals surface area (Å²) in [6, 6.07) is 14.4. The Bertz CT molecular complexity index is 983.